The molecule has 20 heavy (non-hydrogen) atoms. The number of anilines is 1. The van der Waals surface area contributed by atoms with Crippen molar-refractivity contribution in [2.75, 3.05) is 12.3 Å². The first kappa shape index (κ1) is 14.3. The van der Waals surface area contributed by atoms with Gasteiger partial charge in [0.2, 0.25) is 0 Å². The third kappa shape index (κ3) is 3.26. The summed E-state index contributed by atoms with van der Waals surface area (Å²) in [5.74, 6) is -0.743. The summed E-state index contributed by atoms with van der Waals surface area (Å²) in [5, 5.41) is 0. The van der Waals surface area contributed by atoms with E-state index in [9.17, 15) is 8.78 Å². The zero-order valence-electron chi connectivity index (χ0n) is 11.3. The lowest BCUT2D eigenvalue weighted by Crippen LogP contribution is -1.98. The maximum Gasteiger partial charge on any atom is 0.136 e. The largest absolute Gasteiger partial charge is 0.494 e. The van der Waals surface area contributed by atoms with Gasteiger partial charge in [0.1, 0.15) is 17.4 Å². The molecule has 2 nitrogen and oxygen atoms in total. The van der Waals surface area contributed by atoms with E-state index in [2.05, 4.69) is 6.92 Å². The highest BCUT2D eigenvalue weighted by atomic mass is 19.1. The molecule has 0 saturated carbocycles. The zero-order valence-corrected chi connectivity index (χ0v) is 11.3. The molecule has 0 heterocycles. The van der Waals surface area contributed by atoms with Crippen molar-refractivity contribution in [2.45, 2.75) is 19.8 Å². The highest BCUT2D eigenvalue weighted by molar-refractivity contribution is 5.68. The fourth-order valence-corrected chi connectivity index (χ4v) is 1.94. The van der Waals surface area contributed by atoms with Gasteiger partial charge in [0.05, 0.1) is 12.2 Å². The monoisotopic (exact) mass is 277 g/mol. The Labute approximate surface area is 117 Å². The molecule has 2 rings (SSSR count). The predicted molar refractivity (Wildman–Crippen MR) is 76.6 cm³/mol. The molecule has 0 spiro atoms. The molecule has 0 aliphatic rings. The molecule has 0 radical (unpaired) electrons. The van der Waals surface area contributed by atoms with Crippen LogP contribution in [0, 0.1) is 11.6 Å². The Bertz CT molecular complexity index is 576. The number of halogens is 2. The van der Waals surface area contributed by atoms with Crippen molar-refractivity contribution in [3.63, 3.8) is 0 Å². The minimum atomic E-state index is -0.673. The van der Waals surface area contributed by atoms with Crippen LogP contribution in [0.4, 0.5) is 14.5 Å². The molecule has 0 bridgehead atoms. The fourth-order valence-electron chi connectivity index (χ4n) is 1.94. The summed E-state index contributed by atoms with van der Waals surface area (Å²) >= 11 is 0. The van der Waals surface area contributed by atoms with Crippen molar-refractivity contribution >= 4 is 5.69 Å². The summed E-state index contributed by atoms with van der Waals surface area (Å²) < 4.78 is 33.3. The molecular formula is C16H17F2NO. The highest BCUT2D eigenvalue weighted by Gasteiger charge is 2.13. The average Bonchev–Trinajstić information content (AvgIpc) is 2.38. The number of hydrogen-bond acceptors (Lipinski definition) is 2. The number of hydrogen-bond donors (Lipinski definition) is 1. The molecule has 2 N–H and O–H groups in total. The molecule has 0 fully saturated rings. The van der Waals surface area contributed by atoms with Crippen molar-refractivity contribution in [2.24, 2.45) is 0 Å². The Balaban J connectivity index is 2.31. The average molecular weight is 277 g/mol. The predicted octanol–water partition coefficient (Wildman–Crippen LogP) is 4.39. The van der Waals surface area contributed by atoms with E-state index >= 15 is 0 Å². The normalized spacial score (nSPS) is 10.6. The lowest BCUT2D eigenvalue weighted by Gasteiger charge is -2.09. The van der Waals surface area contributed by atoms with Crippen LogP contribution in [0.25, 0.3) is 11.1 Å². The molecule has 0 saturated heterocycles. The van der Waals surface area contributed by atoms with Gasteiger partial charge in [-0.05, 0) is 36.2 Å². The third-order valence-corrected chi connectivity index (χ3v) is 2.95. The van der Waals surface area contributed by atoms with E-state index in [1.807, 2.05) is 0 Å². The SMILES string of the molecule is CCCCOc1cccc(-c2c(F)cc(N)cc2F)c1. The van der Waals surface area contributed by atoms with E-state index in [0.717, 1.165) is 25.0 Å². The molecule has 0 aliphatic carbocycles. The summed E-state index contributed by atoms with van der Waals surface area (Å²) in [6.07, 6.45) is 1.97. The van der Waals surface area contributed by atoms with E-state index in [1.165, 1.54) is 0 Å². The van der Waals surface area contributed by atoms with E-state index in [0.29, 0.717) is 17.9 Å². The molecule has 0 aromatic heterocycles. The standard InChI is InChI=1S/C16H17F2NO/c1-2-3-7-20-13-6-4-5-11(8-13)16-14(17)9-12(19)10-15(16)18/h4-6,8-10H,2-3,7,19H2,1H3. The molecular weight excluding hydrogens is 260 g/mol. The maximum absolute atomic E-state index is 13.9. The van der Waals surface area contributed by atoms with E-state index in [4.69, 9.17) is 10.5 Å². The molecule has 0 atom stereocenters. The van der Waals surface area contributed by atoms with Crippen molar-refractivity contribution < 1.29 is 13.5 Å². The molecule has 0 unspecified atom stereocenters. The van der Waals surface area contributed by atoms with E-state index in [1.54, 1.807) is 24.3 Å². The summed E-state index contributed by atoms with van der Waals surface area (Å²) in [5.41, 5.74) is 5.84. The number of ether oxygens (including phenoxy) is 1. The van der Waals surface area contributed by atoms with Gasteiger partial charge in [-0.25, -0.2) is 8.78 Å². The van der Waals surface area contributed by atoms with Crippen LogP contribution in [-0.4, -0.2) is 6.61 Å². The summed E-state index contributed by atoms with van der Waals surface area (Å²) in [7, 11) is 0. The second-order valence-corrected chi connectivity index (χ2v) is 4.59. The lowest BCUT2D eigenvalue weighted by molar-refractivity contribution is 0.309. The summed E-state index contributed by atoms with van der Waals surface area (Å²) in [6, 6.07) is 8.99. The first-order chi connectivity index (χ1) is 9.61. The number of benzene rings is 2. The minimum Gasteiger partial charge on any atom is -0.494 e. The molecule has 4 heteroatoms. The van der Waals surface area contributed by atoms with Crippen molar-refractivity contribution in [3.05, 3.63) is 48.0 Å². The highest BCUT2D eigenvalue weighted by Crippen LogP contribution is 2.30. The third-order valence-electron chi connectivity index (χ3n) is 2.95. The van der Waals surface area contributed by atoms with Crippen molar-refractivity contribution in [1.82, 2.24) is 0 Å². The zero-order chi connectivity index (χ0) is 14.5. The number of nitrogen functional groups attached to an aromatic ring is 1. The van der Waals surface area contributed by atoms with Crippen LogP contribution < -0.4 is 10.5 Å². The second-order valence-electron chi connectivity index (χ2n) is 4.59. The Morgan fingerprint density at radius 3 is 2.45 bits per heavy atom. The molecule has 2 aromatic carbocycles. The number of unbranched alkanes of at least 4 members (excludes halogenated alkanes) is 1. The van der Waals surface area contributed by atoms with E-state index in [-0.39, 0.29) is 11.3 Å². The van der Waals surface area contributed by atoms with Gasteiger partial charge in [0, 0.05) is 5.69 Å². The van der Waals surface area contributed by atoms with Crippen LogP contribution in [0.3, 0.4) is 0 Å². The summed E-state index contributed by atoms with van der Waals surface area (Å²) in [6.45, 7) is 2.66. The smallest absolute Gasteiger partial charge is 0.136 e. The van der Waals surface area contributed by atoms with Gasteiger partial charge in [0.15, 0.2) is 0 Å². The molecule has 106 valence electrons. The molecule has 0 amide bonds. The first-order valence-corrected chi connectivity index (χ1v) is 6.59. The maximum atomic E-state index is 13.9. The Hall–Kier alpha value is -2.10. The van der Waals surface area contributed by atoms with Gasteiger partial charge in [0.25, 0.3) is 0 Å². The Kier molecular flexibility index (Phi) is 4.56. The quantitative estimate of drug-likeness (QED) is 0.649. The van der Waals surface area contributed by atoms with Crippen LogP contribution in [0.5, 0.6) is 5.75 Å². The Morgan fingerprint density at radius 2 is 1.80 bits per heavy atom. The molecule has 0 aliphatic heterocycles. The second kappa shape index (κ2) is 6.37. The first-order valence-electron chi connectivity index (χ1n) is 6.59. The minimum absolute atomic E-state index is 0.0686. The topological polar surface area (TPSA) is 35.2 Å². The van der Waals surface area contributed by atoms with Gasteiger partial charge in [-0.15, -0.1) is 0 Å². The van der Waals surface area contributed by atoms with Gasteiger partial charge < -0.3 is 10.5 Å². The van der Waals surface area contributed by atoms with Crippen molar-refractivity contribution in [1.29, 1.82) is 0 Å². The van der Waals surface area contributed by atoms with Crippen LogP contribution in [0.1, 0.15) is 19.8 Å². The lowest BCUT2D eigenvalue weighted by atomic mass is 10.0. The van der Waals surface area contributed by atoms with E-state index < -0.39 is 11.6 Å². The van der Waals surface area contributed by atoms with Gasteiger partial charge >= 0.3 is 0 Å². The van der Waals surface area contributed by atoms with Crippen LogP contribution in [0.15, 0.2) is 36.4 Å². The number of rotatable bonds is 5. The number of nitrogens with two attached hydrogens (primary N) is 1. The van der Waals surface area contributed by atoms with Crippen LogP contribution in [-0.2, 0) is 0 Å². The van der Waals surface area contributed by atoms with Crippen LogP contribution in [0.2, 0.25) is 0 Å². The fraction of sp³-hybridized carbons (Fsp3) is 0.250. The van der Waals surface area contributed by atoms with Gasteiger partial charge in [-0.1, -0.05) is 25.5 Å². The Morgan fingerprint density at radius 1 is 1.10 bits per heavy atom. The summed E-state index contributed by atoms with van der Waals surface area (Å²) in [4.78, 5) is 0. The van der Waals surface area contributed by atoms with Gasteiger partial charge in [-0.2, -0.15) is 0 Å². The molecule has 2 aromatic rings. The van der Waals surface area contributed by atoms with Crippen molar-refractivity contribution in [3.8, 4) is 16.9 Å². The van der Waals surface area contributed by atoms with Gasteiger partial charge in [-0.3, -0.25) is 0 Å². The van der Waals surface area contributed by atoms with Crippen LogP contribution >= 0.6 is 0 Å².